The van der Waals surface area contributed by atoms with Gasteiger partial charge in [0, 0.05) is 33.1 Å². The molecule has 100 valence electrons. The summed E-state index contributed by atoms with van der Waals surface area (Å²) in [4.78, 5) is 17.0. The Bertz CT molecular complexity index is 771. The van der Waals surface area contributed by atoms with E-state index >= 15 is 0 Å². The van der Waals surface area contributed by atoms with Crippen molar-refractivity contribution in [1.29, 1.82) is 0 Å². The Balaban J connectivity index is 2.08. The van der Waals surface area contributed by atoms with Crippen molar-refractivity contribution in [2.45, 2.75) is 11.8 Å². The Kier molecular flexibility index (Phi) is 3.36. The van der Waals surface area contributed by atoms with E-state index < -0.39 is 0 Å². The Hall–Kier alpha value is -2.00. The molecule has 0 saturated carbocycles. The molecule has 0 atom stereocenters. The molecule has 20 heavy (non-hydrogen) atoms. The number of hydrogen-bond donors (Lipinski definition) is 1. The van der Waals surface area contributed by atoms with Crippen molar-refractivity contribution in [2.75, 3.05) is 6.26 Å². The fourth-order valence-corrected chi connectivity index (χ4v) is 2.85. The maximum Gasteiger partial charge on any atom is 0.195 e. The predicted octanol–water partition coefficient (Wildman–Crippen LogP) is 4.43. The summed E-state index contributed by atoms with van der Waals surface area (Å²) < 4.78 is 0. The minimum absolute atomic E-state index is 0.0678. The van der Waals surface area contributed by atoms with Crippen molar-refractivity contribution >= 4 is 28.4 Å². The van der Waals surface area contributed by atoms with Crippen molar-refractivity contribution in [3.63, 3.8) is 0 Å². The number of thioether (sulfide) groups is 1. The summed E-state index contributed by atoms with van der Waals surface area (Å²) >= 11 is 1.67. The van der Waals surface area contributed by atoms with Crippen LogP contribution in [0.3, 0.4) is 0 Å². The first-order chi connectivity index (χ1) is 9.70. The first-order valence-electron chi connectivity index (χ1n) is 6.46. The highest BCUT2D eigenvalue weighted by molar-refractivity contribution is 7.98. The van der Waals surface area contributed by atoms with Crippen LogP contribution in [0, 0.1) is 6.92 Å². The van der Waals surface area contributed by atoms with Crippen molar-refractivity contribution in [2.24, 2.45) is 0 Å². The molecule has 1 heterocycles. The number of rotatable bonds is 3. The van der Waals surface area contributed by atoms with Crippen molar-refractivity contribution in [3.05, 3.63) is 65.4 Å². The monoisotopic (exact) mass is 281 g/mol. The molecule has 2 aromatic carbocycles. The van der Waals surface area contributed by atoms with Crippen molar-refractivity contribution < 1.29 is 4.79 Å². The van der Waals surface area contributed by atoms with Gasteiger partial charge in [0.15, 0.2) is 5.78 Å². The van der Waals surface area contributed by atoms with Crippen LogP contribution in [0.2, 0.25) is 0 Å². The van der Waals surface area contributed by atoms with Gasteiger partial charge in [-0.25, -0.2) is 0 Å². The van der Waals surface area contributed by atoms with Crippen LogP contribution < -0.4 is 0 Å². The van der Waals surface area contributed by atoms with E-state index in [1.54, 1.807) is 11.8 Å². The van der Waals surface area contributed by atoms with Gasteiger partial charge in [0.25, 0.3) is 0 Å². The van der Waals surface area contributed by atoms with Crippen LogP contribution in [0.1, 0.15) is 21.5 Å². The van der Waals surface area contributed by atoms with Gasteiger partial charge in [-0.15, -0.1) is 11.8 Å². The van der Waals surface area contributed by atoms with E-state index in [2.05, 4.69) is 4.98 Å². The molecule has 0 aliphatic carbocycles. The van der Waals surface area contributed by atoms with Gasteiger partial charge >= 0.3 is 0 Å². The molecule has 3 rings (SSSR count). The lowest BCUT2D eigenvalue weighted by Gasteiger charge is -2.03. The second-order valence-electron chi connectivity index (χ2n) is 4.76. The Morgan fingerprint density at radius 1 is 1.10 bits per heavy atom. The maximum absolute atomic E-state index is 12.6. The number of H-pyrrole nitrogens is 1. The highest BCUT2D eigenvalue weighted by Gasteiger charge is 2.15. The molecule has 0 radical (unpaired) electrons. The molecule has 3 heteroatoms. The van der Waals surface area contributed by atoms with Crippen LogP contribution in [0.5, 0.6) is 0 Å². The molecule has 0 amide bonds. The highest BCUT2D eigenvalue weighted by Crippen LogP contribution is 2.25. The van der Waals surface area contributed by atoms with E-state index in [4.69, 9.17) is 0 Å². The summed E-state index contributed by atoms with van der Waals surface area (Å²) in [6.07, 6.45) is 3.84. The third-order valence-electron chi connectivity index (χ3n) is 3.51. The number of carbonyl (C=O) groups excluding carboxylic acids is 1. The van der Waals surface area contributed by atoms with Gasteiger partial charge in [0.1, 0.15) is 0 Å². The van der Waals surface area contributed by atoms with Crippen LogP contribution in [0.15, 0.2) is 53.6 Å². The van der Waals surface area contributed by atoms with E-state index in [-0.39, 0.29) is 5.78 Å². The van der Waals surface area contributed by atoms with Crippen LogP contribution >= 0.6 is 11.8 Å². The summed E-state index contributed by atoms with van der Waals surface area (Å²) in [6, 6.07) is 13.8. The smallest absolute Gasteiger partial charge is 0.195 e. The van der Waals surface area contributed by atoms with E-state index in [1.807, 2.05) is 61.8 Å². The number of aromatic nitrogens is 1. The molecule has 0 fully saturated rings. The number of hydrogen-bond acceptors (Lipinski definition) is 2. The third kappa shape index (κ3) is 2.14. The molecular weight excluding hydrogens is 266 g/mol. The zero-order valence-electron chi connectivity index (χ0n) is 11.4. The van der Waals surface area contributed by atoms with Gasteiger partial charge in [-0.3, -0.25) is 4.79 Å². The molecule has 3 aromatic rings. The fourth-order valence-electron chi connectivity index (χ4n) is 2.44. The molecule has 0 spiro atoms. The second-order valence-corrected chi connectivity index (χ2v) is 5.64. The van der Waals surface area contributed by atoms with Crippen LogP contribution in [0.4, 0.5) is 0 Å². The Labute approximate surface area is 122 Å². The zero-order chi connectivity index (χ0) is 14.1. The van der Waals surface area contributed by atoms with E-state index in [9.17, 15) is 4.79 Å². The molecule has 2 nitrogen and oxygen atoms in total. The summed E-state index contributed by atoms with van der Waals surface area (Å²) in [6.45, 7) is 2.03. The third-order valence-corrected chi connectivity index (χ3v) is 4.25. The van der Waals surface area contributed by atoms with Crippen molar-refractivity contribution in [3.8, 4) is 0 Å². The summed E-state index contributed by atoms with van der Waals surface area (Å²) in [5.41, 5.74) is 3.60. The van der Waals surface area contributed by atoms with Crippen LogP contribution in [0.25, 0.3) is 10.9 Å². The molecule has 1 N–H and O–H groups in total. The number of benzene rings is 2. The molecular formula is C17H15NOS. The lowest BCUT2D eigenvalue weighted by atomic mass is 10.0. The largest absolute Gasteiger partial charge is 0.360 e. The second kappa shape index (κ2) is 5.17. The Morgan fingerprint density at radius 2 is 1.85 bits per heavy atom. The molecule has 0 bridgehead atoms. The van der Waals surface area contributed by atoms with E-state index in [0.717, 1.165) is 32.5 Å². The van der Waals surface area contributed by atoms with E-state index in [1.165, 1.54) is 0 Å². The van der Waals surface area contributed by atoms with Crippen LogP contribution in [-0.4, -0.2) is 17.0 Å². The normalized spacial score (nSPS) is 10.9. The molecule has 0 unspecified atom stereocenters. The first kappa shape index (κ1) is 13.0. The molecule has 0 aliphatic rings. The number of nitrogens with one attached hydrogen (secondary N) is 1. The van der Waals surface area contributed by atoms with Gasteiger partial charge in [0.05, 0.1) is 0 Å². The van der Waals surface area contributed by atoms with Gasteiger partial charge in [-0.2, -0.15) is 0 Å². The van der Waals surface area contributed by atoms with Gasteiger partial charge in [0.2, 0.25) is 0 Å². The molecule has 0 saturated heterocycles. The Morgan fingerprint density at radius 3 is 2.55 bits per heavy atom. The number of carbonyl (C=O) groups is 1. The first-order valence-corrected chi connectivity index (χ1v) is 7.68. The SMILES string of the molecule is CSc1ccc(C(=O)c2c[nH]c3cccc(C)c23)cc1. The quantitative estimate of drug-likeness (QED) is 0.569. The predicted molar refractivity (Wildman–Crippen MR) is 84.7 cm³/mol. The standard InChI is InChI=1S/C17H15NOS/c1-11-4-3-5-15-16(11)14(10-18-15)17(19)12-6-8-13(20-2)9-7-12/h3-10,18H,1-2H3. The average Bonchev–Trinajstić information content (AvgIpc) is 2.92. The summed E-state index contributed by atoms with van der Waals surface area (Å²) in [5.74, 6) is 0.0678. The number of fused-ring (bicyclic) bond motifs is 1. The maximum atomic E-state index is 12.6. The average molecular weight is 281 g/mol. The van der Waals surface area contributed by atoms with Gasteiger partial charge in [-0.1, -0.05) is 12.1 Å². The summed E-state index contributed by atoms with van der Waals surface area (Å²) in [7, 11) is 0. The van der Waals surface area contributed by atoms with E-state index in [0.29, 0.717) is 0 Å². The lowest BCUT2D eigenvalue weighted by molar-refractivity contribution is 0.104. The number of aryl methyl sites for hydroxylation is 1. The molecule has 0 aliphatic heterocycles. The lowest BCUT2D eigenvalue weighted by Crippen LogP contribution is -2.00. The van der Waals surface area contributed by atoms with Crippen molar-refractivity contribution in [1.82, 2.24) is 4.98 Å². The minimum atomic E-state index is 0.0678. The van der Waals surface area contributed by atoms with Gasteiger partial charge in [-0.05, 0) is 49.1 Å². The highest BCUT2D eigenvalue weighted by atomic mass is 32.2. The molecule has 1 aromatic heterocycles. The topological polar surface area (TPSA) is 32.9 Å². The minimum Gasteiger partial charge on any atom is -0.360 e. The summed E-state index contributed by atoms with van der Waals surface area (Å²) in [5, 5.41) is 1.02. The number of ketones is 1. The zero-order valence-corrected chi connectivity index (χ0v) is 12.3. The van der Waals surface area contributed by atoms with Gasteiger partial charge < -0.3 is 4.98 Å². The fraction of sp³-hybridized carbons (Fsp3) is 0.118. The number of aromatic amines is 1. The van der Waals surface area contributed by atoms with Crippen LogP contribution in [-0.2, 0) is 0 Å².